The minimum absolute atomic E-state index is 0.411. The van der Waals surface area contributed by atoms with E-state index in [0.29, 0.717) is 19.6 Å². The predicted molar refractivity (Wildman–Crippen MR) is 130 cm³/mol. The van der Waals surface area contributed by atoms with Crippen molar-refractivity contribution in [2.75, 3.05) is 13.2 Å². The number of primary amides is 1. The van der Waals surface area contributed by atoms with Gasteiger partial charge in [-0.3, -0.25) is 0 Å². The van der Waals surface area contributed by atoms with E-state index in [9.17, 15) is 4.79 Å². The molecule has 0 bridgehead atoms. The van der Waals surface area contributed by atoms with Crippen LogP contribution in [0.5, 0.6) is 0 Å². The summed E-state index contributed by atoms with van der Waals surface area (Å²) < 4.78 is 17.3. The van der Waals surface area contributed by atoms with Crippen molar-refractivity contribution >= 4 is 12.2 Å². The molecule has 32 heavy (non-hydrogen) atoms. The van der Waals surface area contributed by atoms with Crippen molar-refractivity contribution < 1.29 is 19.0 Å². The molecule has 5 heteroatoms. The van der Waals surface area contributed by atoms with Crippen LogP contribution in [0.2, 0.25) is 0 Å². The van der Waals surface area contributed by atoms with E-state index in [2.05, 4.69) is 43.3 Å². The zero-order chi connectivity index (χ0) is 23.7. The van der Waals surface area contributed by atoms with E-state index in [1.807, 2.05) is 27.7 Å². The number of ether oxygens (including phenoxy) is 3. The smallest absolute Gasteiger partial charge is 0.405 e. The summed E-state index contributed by atoms with van der Waals surface area (Å²) in [4.78, 5) is 11.3. The van der Waals surface area contributed by atoms with Gasteiger partial charge in [0.25, 0.3) is 0 Å². The molecular formula is C27H43NO4. The molecule has 180 valence electrons. The highest BCUT2D eigenvalue weighted by molar-refractivity contribution is 5.65. The number of benzene rings is 1. The molecule has 2 rings (SSSR count). The Kier molecular flexibility index (Phi) is 9.78. The van der Waals surface area contributed by atoms with Gasteiger partial charge < -0.3 is 19.9 Å². The summed E-state index contributed by atoms with van der Waals surface area (Å²) in [5, 5.41) is 0. The first-order valence-corrected chi connectivity index (χ1v) is 12.1. The third kappa shape index (κ3) is 9.33. The van der Waals surface area contributed by atoms with Crippen LogP contribution in [-0.4, -0.2) is 30.7 Å². The first-order chi connectivity index (χ1) is 15.0. The lowest BCUT2D eigenvalue weighted by Crippen LogP contribution is -2.49. The Morgan fingerprint density at radius 1 is 1.06 bits per heavy atom. The van der Waals surface area contributed by atoms with Crippen LogP contribution < -0.4 is 5.73 Å². The minimum atomic E-state index is -0.770. The Labute approximate surface area is 194 Å². The molecule has 2 N–H and O–H groups in total. The Balaban J connectivity index is 2.01. The van der Waals surface area contributed by atoms with Crippen molar-refractivity contribution in [2.45, 2.75) is 97.4 Å². The highest BCUT2D eigenvalue weighted by Crippen LogP contribution is 2.39. The molecule has 0 unspecified atom stereocenters. The fraction of sp³-hybridized carbons (Fsp3) is 0.667. The van der Waals surface area contributed by atoms with E-state index in [-0.39, 0.29) is 0 Å². The van der Waals surface area contributed by atoms with Crippen LogP contribution in [0, 0.1) is 5.41 Å². The molecule has 0 saturated carbocycles. The fourth-order valence-electron chi connectivity index (χ4n) is 4.31. The maximum atomic E-state index is 11.3. The van der Waals surface area contributed by atoms with Gasteiger partial charge in [-0.2, -0.15) is 0 Å². The van der Waals surface area contributed by atoms with E-state index in [4.69, 9.17) is 19.9 Å². The topological polar surface area (TPSA) is 70.8 Å². The molecule has 1 aliphatic heterocycles. The second-order valence-electron chi connectivity index (χ2n) is 10.3. The van der Waals surface area contributed by atoms with Crippen LogP contribution in [-0.2, 0) is 20.6 Å². The highest BCUT2D eigenvalue weighted by Gasteiger charge is 2.43. The molecule has 0 aromatic heterocycles. The van der Waals surface area contributed by atoms with E-state index in [1.54, 1.807) is 0 Å². The maximum Gasteiger partial charge on any atom is 0.405 e. The molecular weight excluding hydrogens is 402 g/mol. The lowest BCUT2D eigenvalue weighted by molar-refractivity contribution is -0.281. The number of amides is 1. The van der Waals surface area contributed by atoms with Gasteiger partial charge in [0.2, 0.25) is 0 Å². The van der Waals surface area contributed by atoms with Gasteiger partial charge >= 0.3 is 6.09 Å². The van der Waals surface area contributed by atoms with Crippen LogP contribution in [0.25, 0.3) is 6.08 Å². The van der Waals surface area contributed by atoms with Gasteiger partial charge in [-0.15, -0.1) is 0 Å². The van der Waals surface area contributed by atoms with Crippen LogP contribution in [0.15, 0.2) is 30.3 Å². The van der Waals surface area contributed by atoms with Crippen molar-refractivity contribution in [3.8, 4) is 0 Å². The Hall–Kier alpha value is -1.85. The predicted octanol–water partition coefficient (Wildman–Crippen LogP) is 6.64. The lowest BCUT2D eigenvalue weighted by atomic mass is 9.78. The first kappa shape index (κ1) is 26.4. The number of carbonyl (C=O) groups excluding carboxylic acids is 1. The first-order valence-electron chi connectivity index (χ1n) is 12.1. The Bertz CT molecular complexity index is 727. The summed E-state index contributed by atoms with van der Waals surface area (Å²) in [5.74, 6) is -0.621. The quantitative estimate of drug-likeness (QED) is 0.366. The average molecular weight is 446 g/mol. The van der Waals surface area contributed by atoms with Gasteiger partial charge in [0.1, 0.15) is 5.60 Å². The standard InChI is InChI=1S/C27H43NO4/c1-6-7-8-9-10-11-12-22-13-15-23(16-14-22)17-18-27(19-25(2,3)32-24(28)29)20-30-26(4,5)31-21-27/h13-18H,6-12,19-21H2,1-5H3,(H2,28,29). The average Bonchev–Trinajstić information content (AvgIpc) is 2.71. The molecule has 0 atom stereocenters. The maximum absolute atomic E-state index is 11.3. The molecule has 0 aliphatic carbocycles. The third-order valence-corrected chi connectivity index (χ3v) is 6.00. The van der Waals surface area contributed by atoms with Gasteiger partial charge in [0.15, 0.2) is 5.79 Å². The number of unbranched alkanes of at least 4 members (excludes halogenated alkanes) is 5. The number of rotatable bonds is 12. The monoisotopic (exact) mass is 445 g/mol. The summed E-state index contributed by atoms with van der Waals surface area (Å²) >= 11 is 0. The second kappa shape index (κ2) is 11.9. The van der Waals surface area contributed by atoms with Crippen LogP contribution in [0.1, 0.15) is 90.7 Å². The van der Waals surface area contributed by atoms with Crippen molar-refractivity contribution in [3.05, 3.63) is 41.5 Å². The normalized spacial score (nSPS) is 18.0. The van der Waals surface area contributed by atoms with E-state index in [0.717, 1.165) is 12.0 Å². The van der Waals surface area contributed by atoms with E-state index < -0.39 is 22.9 Å². The molecule has 1 fully saturated rings. The number of hydrogen-bond acceptors (Lipinski definition) is 4. The highest BCUT2D eigenvalue weighted by atomic mass is 16.7. The van der Waals surface area contributed by atoms with Crippen molar-refractivity contribution in [2.24, 2.45) is 11.1 Å². The van der Waals surface area contributed by atoms with Gasteiger partial charge in [-0.25, -0.2) is 4.79 Å². The number of aryl methyl sites for hydroxylation is 1. The Morgan fingerprint density at radius 3 is 2.25 bits per heavy atom. The lowest BCUT2D eigenvalue weighted by Gasteiger charge is -2.44. The molecule has 0 radical (unpaired) electrons. The Morgan fingerprint density at radius 2 is 1.66 bits per heavy atom. The van der Waals surface area contributed by atoms with Gasteiger partial charge in [-0.1, -0.05) is 75.4 Å². The zero-order valence-corrected chi connectivity index (χ0v) is 20.7. The van der Waals surface area contributed by atoms with E-state index >= 15 is 0 Å². The van der Waals surface area contributed by atoms with E-state index in [1.165, 1.54) is 44.1 Å². The molecule has 1 aromatic carbocycles. The largest absolute Gasteiger partial charge is 0.444 e. The van der Waals surface area contributed by atoms with Gasteiger partial charge in [0.05, 0.1) is 13.2 Å². The van der Waals surface area contributed by atoms with Crippen LogP contribution >= 0.6 is 0 Å². The SMILES string of the molecule is CCCCCCCCc1ccc(C=CC2(CC(C)(C)OC(N)=O)COC(C)(C)OC2)cc1. The molecule has 1 heterocycles. The number of nitrogens with two attached hydrogens (primary N) is 1. The summed E-state index contributed by atoms with van der Waals surface area (Å²) in [5.41, 5.74) is 6.65. The number of carbonyl (C=O) groups is 1. The summed E-state index contributed by atoms with van der Waals surface area (Å²) in [6.07, 6.45) is 13.1. The molecule has 0 spiro atoms. The molecule has 5 nitrogen and oxygen atoms in total. The summed E-state index contributed by atoms with van der Waals surface area (Å²) in [7, 11) is 0. The van der Waals surface area contributed by atoms with Gasteiger partial charge in [0, 0.05) is 11.8 Å². The summed E-state index contributed by atoms with van der Waals surface area (Å²) in [6, 6.07) is 8.76. The zero-order valence-electron chi connectivity index (χ0n) is 20.7. The fourth-order valence-corrected chi connectivity index (χ4v) is 4.31. The third-order valence-electron chi connectivity index (χ3n) is 6.00. The molecule has 1 saturated heterocycles. The van der Waals surface area contributed by atoms with Crippen molar-refractivity contribution in [1.29, 1.82) is 0 Å². The van der Waals surface area contributed by atoms with Crippen LogP contribution in [0.3, 0.4) is 0 Å². The number of hydrogen-bond donors (Lipinski definition) is 1. The van der Waals surface area contributed by atoms with Crippen molar-refractivity contribution in [1.82, 2.24) is 0 Å². The van der Waals surface area contributed by atoms with Gasteiger partial charge in [-0.05, 0) is 51.7 Å². The molecule has 1 aliphatic rings. The molecule has 1 aromatic rings. The second-order valence-corrected chi connectivity index (χ2v) is 10.3. The summed E-state index contributed by atoms with van der Waals surface area (Å²) in [6.45, 7) is 10.8. The minimum Gasteiger partial charge on any atom is -0.444 e. The molecule has 1 amide bonds. The van der Waals surface area contributed by atoms with Crippen molar-refractivity contribution in [3.63, 3.8) is 0 Å². The van der Waals surface area contributed by atoms with Crippen LogP contribution in [0.4, 0.5) is 4.79 Å².